The molecule has 0 amide bonds. The Morgan fingerprint density at radius 1 is 1.14 bits per heavy atom. The fourth-order valence-corrected chi connectivity index (χ4v) is 3.99. The van der Waals surface area contributed by atoms with Gasteiger partial charge >= 0.3 is 5.69 Å². The SMILES string of the molecule is Cc1cc(C2=NCCS2)ccc1OCc1c(C)cccc1-n1nnn(C)c1=O. The molecule has 0 fully saturated rings. The van der Waals surface area contributed by atoms with Gasteiger partial charge in [-0.2, -0.15) is 9.36 Å². The number of nitrogens with zero attached hydrogens (tertiary/aromatic N) is 5. The molecule has 0 unspecified atom stereocenters. The number of aryl methyl sites for hydroxylation is 3. The Hall–Kier alpha value is -2.87. The minimum atomic E-state index is -0.290. The molecule has 7 nitrogen and oxygen atoms in total. The summed E-state index contributed by atoms with van der Waals surface area (Å²) in [7, 11) is 1.58. The topological polar surface area (TPSA) is 74.3 Å². The molecule has 0 bridgehead atoms. The third kappa shape index (κ3) is 3.47. The van der Waals surface area contributed by atoms with Crippen molar-refractivity contribution in [2.45, 2.75) is 20.5 Å². The maximum atomic E-state index is 12.3. The molecule has 0 spiro atoms. The van der Waals surface area contributed by atoms with Gasteiger partial charge in [0.2, 0.25) is 0 Å². The lowest BCUT2D eigenvalue weighted by atomic mass is 10.1. The number of tetrazole rings is 1. The molecule has 2 aromatic carbocycles. The second-order valence-electron chi connectivity index (χ2n) is 6.67. The fraction of sp³-hybridized carbons (Fsp3) is 0.300. The molecule has 0 saturated carbocycles. The van der Waals surface area contributed by atoms with E-state index in [4.69, 9.17) is 4.74 Å². The average Bonchev–Trinajstić information content (AvgIpc) is 3.33. The Balaban J connectivity index is 1.60. The maximum absolute atomic E-state index is 12.3. The molecular weight excluding hydrogens is 374 g/mol. The largest absolute Gasteiger partial charge is 0.489 e. The van der Waals surface area contributed by atoms with Crippen molar-refractivity contribution < 1.29 is 4.74 Å². The second-order valence-corrected chi connectivity index (χ2v) is 7.76. The van der Waals surface area contributed by atoms with Gasteiger partial charge in [-0.05, 0) is 59.7 Å². The van der Waals surface area contributed by atoms with Gasteiger partial charge in [-0.1, -0.05) is 12.1 Å². The summed E-state index contributed by atoms with van der Waals surface area (Å²) in [5, 5.41) is 8.86. The third-order valence-corrected chi connectivity index (χ3v) is 5.74. The average molecular weight is 395 g/mol. The summed E-state index contributed by atoms with van der Waals surface area (Å²) in [4.78, 5) is 16.8. The zero-order chi connectivity index (χ0) is 19.7. The summed E-state index contributed by atoms with van der Waals surface area (Å²) >= 11 is 1.79. The number of ether oxygens (including phenoxy) is 1. The highest BCUT2D eigenvalue weighted by molar-refractivity contribution is 8.14. The number of benzene rings is 2. The summed E-state index contributed by atoms with van der Waals surface area (Å²) in [6.07, 6.45) is 0. The smallest absolute Gasteiger partial charge is 0.368 e. The van der Waals surface area contributed by atoms with E-state index in [1.165, 1.54) is 9.36 Å². The molecule has 28 heavy (non-hydrogen) atoms. The quantitative estimate of drug-likeness (QED) is 0.664. The Morgan fingerprint density at radius 2 is 2.00 bits per heavy atom. The first-order valence-electron chi connectivity index (χ1n) is 9.03. The van der Waals surface area contributed by atoms with Crippen molar-refractivity contribution >= 4 is 16.8 Å². The van der Waals surface area contributed by atoms with Crippen LogP contribution in [0.4, 0.5) is 0 Å². The molecule has 0 atom stereocenters. The fourth-order valence-electron chi connectivity index (χ4n) is 3.14. The first-order chi connectivity index (χ1) is 13.5. The first kappa shape index (κ1) is 18.5. The molecule has 1 aliphatic heterocycles. The lowest BCUT2D eigenvalue weighted by Crippen LogP contribution is -2.23. The Bertz CT molecular complexity index is 1120. The number of hydrogen-bond acceptors (Lipinski definition) is 6. The highest BCUT2D eigenvalue weighted by Gasteiger charge is 2.15. The van der Waals surface area contributed by atoms with E-state index in [0.29, 0.717) is 12.3 Å². The van der Waals surface area contributed by atoms with Crippen LogP contribution in [0, 0.1) is 13.8 Å². The standard InChI is InChI=1S/C20H21N5O2S/c1-13-5-4-6-17(25-20(26)24(3)22-23-25)16(13)12-27-18-8-7-15(11-14(18)2)19-21-9-10-28-19/h4-8,11H,9-10,12H2,1-3H3. The first-order valence-corrected chi connectivity index (χ1v) is 10.0. The van der Waals surface area contributed by atoms with Gasteiger partial charge in [0.25, 0.3) is 0 Å². The van der Waals surface area contributed by atoms with Gasteiger partial charge < -0.3 is 4.74 Å². The molecule has 0 N–H and O–H groups in total. The van der Waals surface area contributed by atoms with Gasteiger partial charge in [-0.25, -0.2) is 4.79 Å². The van der Waals surface area contributed by atoms with E-state index in [1.54, 1.807) is 18.8 Å². The van der Waals surface area contributed by atoms with E-state index in [9.17, 15) is 4.79 Å². The van der Waals surface area contributed by atoms with Crippen molar-refractivity contribution in [3.8, 4) is 11.4 Å². The zero-order valence-electron chi connectivity index (χ0n) is 16.0. The van der Waals surface area contributed by atoms with Crippen LogP contribution in [-0.2, 0) is 13.7 Å². The van der Waals surface area contributed by atoms with E-state index in [1.807, 2.05) is 44.2 Å². The van der Waals surface area contributed by atoms with E-state index >= 15 is 0 Å². The monoisotopic (exact) mass is 395 g/mol. The molecule has 8 heteroatoms. The van der Waals surface area contributed by atoms with E-state index in [-0.39, 0.29) is 5.69 Å². The van der Waals surface area contributed by atoms with Gasteiger partial charge in [0.15, 0.2) is 0 Å². The van der Waals surface area contributed by atoms with Crippen LogP contribution in [0.5, 0.6) is 5.75 Å². The van der Waals surface area contributed by atoms with Gasteiger partial charge in [0, 0.05) is 30.5 Å². The van der Waals surface area contributed by atoms with Crippen molar-refractivity contribution in [1.29, 1.82) is 0 Å². The van der Waals surface area contributed by atoms with Crippen molar-refractivity contribution in [3.63, 3.8) is 0 Å². The normalized spacial score (nSPS) is 13.6. The lowest BCUT2D eigenvalue weighted by Gasteiger charge is -2.15. The summed E-state index contributed by atoms with van der Waals surface area (Å²) in [5.74, 6) is 1.86. The van der Waals surface area contributed by atoms with E-state index in [0.717, 1.165) is 45.3 Å². The summed E-state index contributed by atoms with van der Waals surface area (Å²) in [5.41, 5.74) is 4.52. The number of rotatable bonds is 5. The van der Waals surface area contributed by atoms with Crippen LogP contribution in [-0.4, -0.2) is 37.1 Å². The van der Waals surface area contributed by atoms with Crippen molar-refractivity contribution in [2.75, 3.05) is 12.3 Å². The molecule has 0 aliphatic carbocycles. The summed E-state index contributed by atoms with van der Waals surface area (Å²) in [6, 6.07) is 11.9. The molecule has 1 aromatic heterocycles. The van der Waals surface area contributed by atoms with Crippen molar-refractivity contribution in [2.24, 2.45) is 12.0 Å². The van der Waals surface area contributed by atoms with Crippen molar-refractivity contribution in [3.05, 3.63) is 69.1 Å². The Morgan fingerprint density at radius 3 is 2.68 bits per heavy atom. The highest BCUT2D eigenvalue weighted by atomic mass is 32.2. The number of aliphatic imine (C=N–C) groups is 1. The Labute approximate surface area is 167 Å². The number of hydrogen-bond donors (Lipinski definition) is 0. The summed E-state index contributed by atoms with van der Waals surface area (Å²) < 4.78 is 8.62. The van der Waals surface area contributed by atoms with Crippen LogP contribution in [0.2, 0.25) is 0 Å². The molecule has 0 radical (unpaired) electrons. The van der Waals surface area contributed by atoms with Crippen LogP contribution >= 0.6 is 11.8 Å². The molecule has 144 valence electrons. The van der Waals surface area contributed by atoms with Crippen LogP contribution in [0.3, 0.4) is 0 Å². The second kappa shape index (κ2) is 7.63. The predicted octanol–water partition coefficient (Wildman–Crippen LogP) is 2.66. The maximum Gasteiger partial charge on any atom is 0.368 e. The summed E-state index contributed by atoms with van der Waals surface area (Å²) in [6.45, 7) is 5.25. The third-order valence-electron chi connectivity index (χ3n) is 4.71. The minimum Gasteiger partial charge on any atom is -0.489 e. The van der Waals surface area contributed by atoms with Crippen LogP contribution in [0.15, 0.2) is 46.2 Å². The molecule has 0 saturated heterocycles. The van der Waals surface area contributed by atoms with Gasteiger partial charge in [0.05, 0.1) is 10.7 Å². The van der Waals surface area contributed by atoms with Crippen LogP contribution < -0.4 is 10.4 Å². The zero-order valence-corrected chi connectivity index (χ0v) is 16.9. The molecule has 4 rings (SSSR count). The Kier molecular flexibility index (Phi) is 5.04. The van der Waals surface area contributed by atoms with Crippen molar-refractivity contribution in [1.82, 2.24) is 19.8 Å². The molecular formula is C20H21N5O2S. The van der Waals surface area contributed by atoms with E-state index < -0.39 is 0 Å². The van der Waals surface area contributed by atoms with Crippen LogP contribution in [0.25, 0.3) is 5.69 Å². The number of aromatic nitrogens is 4. The molecule has 1 aliphatic rings. The van der Waals surface area contributed by atoms with E-state index in [2.05, 4.69) is 21.5 Å². The van der Waals surface area contributed by atoms with Crippen LogP contribution in [0.1, 0.15) is 22.3 Å². The predicted molar refractivity (Wildman–Crippen MR) is 111 cm³/mol. The van der Waals surface area contributed by atoms with Gasteiger partial charge in [0.1, 0.15) is 12.4 Å². The molecule has 3 aromatic rings. The number of thioether (sulfide) groups is 1. The minimum absolute atomic E-state index is 0.290. The lowest BCUT2D eigenvalue weighted by molar-refractivity contribution is 0.302. The highest BCUT2D eigenvalue weighted by Crippen LogP contribution is 2.26. The molecule has 2 heterocycles. The van der Waals surface area contributed by atoms with Gasteiger partial charge in [-0.15, -0.1) is 11.8 Å². The van der Waals surface area contributed by atoms with Gasteiger partial charge in [-0.3, -0.25) is 4.99 Å².